The first-order valence-electron chi connectivity index (χ1n) is 9.41. The normalized spacial score (nSPS) is 14.9. The summed E-state index contributed by atoms with van der Waals surface area (Å²) in [6.45, 7) is 4.00. The molecule has 1 fully saturated rings. The largest absolute Gasteiger partial charge is 0.497 e. The molecule has 28 heavy (non-hydrogen) atoms. The zero-order valence-electron chi connectivity index (χ0n) is 16.4. The van der Waals surface area contributed by atoms with Crippen LogP contribution in [0.5, 0.6) is 11.5 Å². The summed E-state index contributed by atoms with van der Waals surface area (Å²) in [5.74, 6) is 1.29. The molecule has 1 saturated heterocycles. The van der Waals surface area contributed by atoms with E-state index in [-0.39, 0.29) is 6.03 Å². The molecule has 3 rings (SSSR count). The summed E-state index contributed by atoms with van der Waals surface area (Å²) in [5.41, 5.74) is 1.86. The topological polar surface area (TPSA) is 54.0 Å². The number of carbonyl (C=O) groups is 1. The second-order valence-corrected chi connectivity index (χ2v) is 6.63. The number of nitrogens with zero attached hydrogens (tertiary/aromatic N) is 2. The summed E-state index contributed by atoms with van der Waals surface area (Å²) in [4.78, 5) is 16.8. The van der Waals surface area contributed by atoms with Gasteiger partial charge in [0.25, 0.3) is 0 Å². The summed E-state index contributed by atoms with van der Waals surface area (Å²) in [5, 5.41) is 2.94. The molecule has 1 aliphatic heterocycles. The van der Waals surface area contributed by atoms with E-state index in [0.29, 0.717) is 30.3 Å². The molecule has 0 radical (unpaired) electrons. The van der Waals surface area contributed by atoms with Gasteiger partial charge in [0.05, 0.1) is 14.2 Å². The number of rotatable bonds is 6. The monoisotopic (exact) mass is 381 g/mol. The van der Waals surface area contributed by atoms with Gasteiger partial charge in [-0.1, -0.05) is 42.5 Å². The molecule has 2 aromatic rings. The Labute approximate surface area is 166 Å². The van der Waals surface area contributed by atoms with Crippen LogP contribution in [0, 0.1) is 0 Å². The van der Waals surface area contributed by atoms with E-state index < -0.39 is 0 Å². The molecule has 2 aromatic carbocycles. The lowest BCUT2D eigenvalue weighted by molar-refractivity contribution is 0.156. The van der Waals surface area contributed by atoms with Crippen LogP contribution in [0.25, 0.3) is 6.08 Å². The molecule has 0 aliphatic carbocycles. The predicted molar refractivity (Wildman–Crippen MR) is 112 cm³/mol. The molecule has 0 bridgehead atoms. The fraction of sp³-hybridized carbons (Fsp3) is 0.318. The minimum atomic E-state index is -0.102. The van der Waals surface area contributed by atoms with Crippen molar-refractivity contribution in [2.45, 2.75) is 0 Å². The van der Waals surface area contributed by atoms with Gasteiger partial charge >= 0.3 is 6.03 Å². The predicted octanol–water partition coefficient (Wildman–Crippen LogP) is 3.57. The Hall–Kier alpha value is -2.99. The van der Waals surface area contributed by atoms with Gasteiger partial charge in [-0.2, -0.15) is 0 Å². The second-order valence-electron chi connectivity index (χ2n) is 6.63. The standard InChI is InChI=1S/C22H27N3O3/c1-27-20-15-19(16-21(17-20)28-2)23-22(26)25-13-11-24(12-14-25)10-6-9-18-7-4-3-5-8-18/h3-9,15-17H,10-14H2,1-2H3,(H,23,26). The highest BCUT2D eigenvalue weighted by molar-refractivity contribution is 5.90. The summed E-state index contributed by atoms with van der Waals surface area (Å²) >= 11 is 0. The van der Waals surface area contributed by atoms with E-state index in [0.717, 1.165) is 19.6 Å². The number of nitrogens with one attached hydrogen (secondary N) is 1. The number of methoxy groups -OCH3 is 2. The van der Waals surface area contributed by atoms with Gasteiger partial charge in [0.15, 0.2) is 0 Å². The number of carbonyl (C=O) groups excluding carboxylic acids is 1. The maximum atomic E-state index is 12.6. The molecule has 0 saturated carbocycles. The number of piperazine rings is 1. The highest BCUT2D eigenvalue weighted by atomic mass is 16.5. The molecule has 1 N–H and O–H groups in total. The van der Waals surface area contributed by atoms with Gasteiger partial charge in [-0.25, -0.2) is 4.79 Å². The third-order valence-electron chi connectivity index (χ3n) is 4.74. The lowest BCUT2D eigenvalue weighted by Crippen LogP contribution is -2.49. The van der Waals surface area contributed by atoms with Gasteiger partial charge in [0, 0.05) is 56.6 Å². The maximum absolute atomic E-state index is 12.6. The van der Waals surface area contributed by atoms with Crippen LogP contribution < -0.4 is 14.8 Å². The Balaban J connectivity index is 1.48. The average molecular weight is 381 g/mol. The molecule has 6 heteroatoms. The van der Waals surface area contributed by atoms with Crippen molar-refractivity contribution in [2.24, 2.45) is 0 Å². The summed E-state index contributed by atoms with van der Waals surface area (Å²) in [7, 11) is 3.18. The number of hydrogen-bond acceptors (Lipinski definition) is 4. The molecule has 0 unspecified atom stereocenters. The lowest BCUT2D eigenvalue weighted by Gasteiger charge is -2.34. The molecule has 1 aliphatic rings. The number of anilines is 1. The van der Waals surface area contributed by atoms with E-state index in [1.807, 2.05) is 23.1 Å². The van der Waals surface area contributed by atoms with E-state index >= 15 is 0 Å². The SMILES string of the molecule is COc1cc(NC(=O)N2CCN(CC=Cc3ccccc3)CC2)cc(OC)c1. The smallest absolute Gasteiger partial charge is 0.321 e. The van der Waals surface area contributed by atoms with Crippen molar-refractivity contribution in [1.29, 1.82) is 0 Å². The second kappa shape index (κ2) is 9.80. The third kappa shape index (κ3) is 5.50. The van der Waals surface area contributed by atoms with Crippen LogP contribution in [-0.2, 0) is 0 Å². The molecule has 0 atom stereocenters. The molecule has 6 nitrogen and oxygen atoms in total. The lowest BCUT2D eigenvalue weighted by atomic mass is 10.2. The van der Waals surface area contributed by atoms with E-state index in [2.05, 4.69) is 34.5 Å². The molecule has 2 amide bonds. The summed E-state index contributed by atoms with van der Waals surface area (Å²) in [6.07, 6.45) is 4.31. The quantitative estimate of drug-likeness (QED) is 0.831. The van der Waals surface area contributed by atoms with E-state index in [9.17, 15) is 4.79 Å². The van der Waals surface area contributed by atoms with Gasteiger partial charge in [-0.05, 0) is 5.56 Å². The first kappa shape index (κ1) is 19.8. The maximum Gasteiger partial charge on any atom is 0.321 e. The van der Waals surface area contributed by atoms with Crippen molar-refractivity contribution in [3.63, 3.8) is 0 Å². The minimum absolute atomic E-state index is 0.102. The van der Waals surface area contributed by atoms with Crippen molar-refractivity contribution >= 4 is 17.8 Å². The van der Waals surface area contributed by atoms with E-state index in [1.54, 1.807) is 32.4 Å². The van der Waals surface area contributed by atoms with Crippen LogP contribution >= 0.6 is 0 Å². The van der Waals surface area contributed by atoms with Gasteiger partial charge in [0.1, 0.15) is 11.5 Å². The van der Waals surface area contributed by atoms with E-state index in [4.69, 9.17) is 9.47 Å². The van der Waals surface area contributed by atoms with Gasteiger partial charge in [0.2, 0.25) is 0 Å². The average Bonchev–Trinajstić information content (AvgIpc) is 2.74. The highest BCUT2D eigenvalue weighted by Crippen LogP contribution is 2.26. The Morgan fingerprint density at radius 2 is 1.64 bits per heavy atom. The van der Waals surface area contributed by atoms with Crippen molar-refractivity contribution in [2.75, 3.05) is 52.3 Å². The van der Waals surface area contributed by atoms with Crippen LogP contribution in [0.15, 0.2) is 54.6 Å². The van der Waals surface area contributed by atoms with Crippen molar-refractivity contribution < 1.29 is 14.3 Å². The Bertz CT molecular complexity index is 778. The number of hydrogen-bond donors (Lipinski definition) is 1. The van der Waals surface area contributed by atoms with Crippen LogP contribution in [-0.4, -0.2) is 62.8 Å². The van der Waals surface area contributed by atoms with Crippen LogP contribution in [0.3, 0.4) is 0 Å². The third-order valence-corrected chi connectivity index (χ3v) is 4.74. The Morgan fingerprint density at radius 3 is 2.25 bits per heavy atom. The minimum Gasteiger partial charge on any atom is -0.497 e. The van der Waals surface area contributed by atoms with Gasteiger partial charge in [-0.3, -0.25) is 4.90 Å². The first-order valence-corrected chi connectivity index (χ1v) is 9.41. The number of urea groups is 1. The number of amides is 2. The van der Waals surface area contributed by atoms with Gasteiger partial charge in [-0.15, -0.1) is 0 Å². The number of benzene rings is 2. The van der Waals surface area contributed by atoms with Crippen molar-refractivity contribution in [3.8, 4) is 11.5 Å². The zero-order valence-corrected chi connectivity index (χ0v) is 16.4. The van der Waals surface area contributed by atoms with Crippen molar-refractivity contribution in [3.05, 3.63) is 60.2 Å². The highest BCUT2D eigenvalue weighted by Gasteiger charge is 2.20. The Kier molecular flexibility index (Phi) is 6.92. The molecule has 0 spiro atoms. The van der Waals surface area contributed by atoms with Gasteiger partial charge < -0.3 is 19.7 Å². The molecular weight excluding hydrogens is 354 g/mol. The Morgan fingerprint density at radius 1 is 1.00 bits per heavy atom. The fourth-order valence-corrected chi connectivity index (χ4v) is 3.12. The zero-order chi connectivity index (χ0) is 19.8. The molecule has 148 valence electrons. The fourth-order valence-electron chi connectivity index (χ4n) is 3.12. The van der Waals surface area contributed by atoms with E-state index in [1.165, 1.54) is 5.56 Å². The number of ether oxygens (including phenoxy) is 2. The van der Waals surface area contributed by atoms with Crippen LogP contribution in [0.2, 0.25) is 0 Å². The first-order chi connectivity index (χ1) is 13.7. The summed E-state index contributed by atoms with van der Waals surface area (Å²) in [6, 6.07) is 15.5. The van der Waals surface area contributed by atoms with Crippen LogP contribution in [0.1, 0.15) is 5.56 Å². The molecule has 1 heterocycles. The molecular formula is C22H27N3O3. The molecule has 0 aromatic heterocycles. The van der Waals surface area contributed by atoms with Crippen molar-refractivity contribution in [1.82, 2.24) is 9.80 Å². The summed E-state index contributed by atoms with van der Waals surface area (Å²) < 4.78 is 10.5. The van der Waals surface area contributed by atoms with Crippen LogP contribution in [0.4, 0.5) is 10.5 Å².